The zero-order chi connectivity index (χ0) is 14.2. The molecule has 0 radical (unpaired) electrons. The van der Waals surface area contributed by atoms with Crippen LogP contribution in [-0.2, 0) is 10.0 Å². The molecular formula is C13H12N4O2S. The van der Waals surface area contributed by atoms with Crippen LogP contribution in [-0.4, -0.2) is 23.6 Å². The molecule has 7 heteroatoms. The number of aromatic amines is 1. The molecule has 0 fully saturated rings. The Morgan fingerprint density at radius 3 is 2.85 bits per heavy atom. The fourth-order valence-electron chi connectivity index (χ4n) is 1.99. The van der Waals surface area contributed by atoms with Crippen LogP contribution in [0.2, 0.25) is 0 Å². The number of hydrogen-bond donors (Lipinski definition) is 2. The van der Waals surface area contributed by atoms with Crippen molar-refractivity contribution in [1.82, 2.24) is 15.2 Å². The number of benzene rings is 1. The first kappa shape index (κ1) is 12.6. The highest BCUT2D eigenvalue weighted by atomic mass is 32.2. The fourth-order valence-corrected chi connectivity index (χ4v) is 3.21. The Kier molecular flexibility index (Phi) is 2.90. The second-order valence-corrected chi connectivity index (χ2v) is 6.05. The highest BCUT2D eigenvalue weighted by Gasteiger charge is 2.18. The summed E-state index contributed by atoms with van der Waals surface area (Å²) < 4.78 is 27.3. The minimum Gasteiger partial charge on any atom is -0.281 e. The minimum atomic E-state index is -3.69. The standard InChI is InChI=1S/C13H12N4O2S/c1-9-7-13(16-15-9)17-20(18,19)12-4-2-3-10-8-14-6-5-11(10)12/h2-8H,1H3,(H2,15,16,17). The molecule has 0 spiro atoms. The number of aryl methyl sites for hydroxylation is 1. The number of nitrogens with zero attached hydrogens (tertiary/aromatic N) is 2. The number of hydrogen-bond acceptors (Lipinski definition) is 4. The number of fused-ring (bicyclic) bond motifs is 1. The molecule has 0 atom stereocenters. The normalized spacial score (nSPS) is 11.7. The van der Waals surface area contributed by atoms with Gasteiger partial charge in [-0.15, -0.1) is 0 Å². The zero-order valence-electron chi connectivity index (χ0n) is 10.7. The Hall–Kier alpha value is -2.41. The maximum absolute atomic E-state index is 12.4. The van der Waals surface area contributed by atoms with Crippen LogP contribution >= 0.6 is 0 Å². The first-order chi connectivity index (χ1) is 9.56. The lowest BCUT2D eigenvalue weighted by Crippen LogP contribution is -2.13. The topological polar surface area (TPSA) is 87.7 Å². The summed E-state index contributed by atoms with van der Waals surface area (Å²) in [6, 6.07) is 8.38. The van der Waals surface area contributed by atoms with Crippen molar-refractivity contribution in [3.8, 4) is 0 Å². The fraction of sp³-hybridized carbons (Fsp3) is 0.0769. The molecule has 2 aromatic heterocycles. The second kappa shape index (κ2) is 4.61. The van der Waals surface area contributed by atoms with Crippen molar-refractivity contribution in [2.75, 3.05) is 4.72 Å². The average Bonchev–Trinajstić information content (AvgIpc) is 2.82. The third-order valence-corrected chi connectivity index (χ3v) is 4.29. The molecule has 1 aromatic carbocycles. The summed E-state index contributed by atoms with van der Waals surface area (Å²) in [5, 5.41) is 7.97. The van der Waals surface area contributed by atoms with Crippen LogP contribution in [0, 0.1) is 6.92 Å². The van der Waals surface area contributed by atoms with E-state index >= 15 is 0 Å². The zero-order valence-corrected chi connectivity index (χ0v) is 11.5. The highest BCUT2D eigenvalue weighted by molar-refractivity contribution is 7.93. The van der Waals surface area contributed by atoms with Gasteiger partial charge in [0.1, 0.15) is 0 Å². The molecule has 0 saturated carbocycles. The third-order valence-electron chi connectivity index (χ3n) is 2.88. The molecule has 6 nitrogen and oxygen atoms in total. The summed E-state index contributed by atoms with van der Waals surface area (Å²) in [4.78, 5) is 4.20. The molecule has 0 aliphatic rings. The monoisotopic (exact) mass is 288 g/mol. The van der Waals surface area contributed by atoms with Gasteiger partial charge in [-0.2, -0.15) is 5.10 Å². The SMILES string of the molecule is Cc1cc(NS(=O)(=O)c2cccc3cnccc23)n[nH]1. The quantitative estimate of drug-likeness (QED) is 0.772. The Morgan fingerprint density at radius 1 is 1.25 bits per heavy atom. The van der Waals surface area contributed by atoms with Crippen LogP contribution in [0.3, 0.4) is 0 Å². The van der Waals surface area contributed by atoms with Gasteiger partial charge in [-0.1, -0.05) is 12.1 Å². The lowest BCUT2D eigenvalue weighted by molar-refractivity contribution is 0.602. The molecule has 0 bridgehead atoms. The van der Waals surface area contributed by atoms with Crippen molar-refractivity contribution in [3.63, 3.8) is 0 Å². The number of nitrogens with one attached hydrogen (secondary N) is 2. The molecule has 0 aliphatic heterocycles. The number of aromatic nitrogens is 3. The van der Waals surface area contributed by atoms with E-state index in [0.29, 0.717) is 5.39 Å². The molecule has 2 heterocycles. The Bertz CT molecular complexity index is 865. The molecule has 0 amide bonds. The van der Waals surface area contributed by atoms with Crippen LogP contribution in [0.25, 0.3) is 10.8 Å². The maximum Gasteiger partial charge on any atom is 0.263 e. The van der Waals surface area contributed by atoms with E-state index in [0.717, 1.165) is 11.1 Å². The third kappa shape index (κ3) is 2.23. The van der Waals surface area contributed by atoms with Gasteiger partial charge in [-0.25, -0.2) is 8.42 Å². The van der Waals surface area contributed by atoms with E-state index in [1.54, 1.807) is 43.6 Å². The lowest BCUT2D eigenvalue weighted by Gasteiger charge is -2.08. The highest BCUT2D eigenvalue weighted by Crippen LogP contribution is 2.23. The van der Waals surface area contributed by atoms with Crippen molar-refractivity contribution in [1.29, 1.82) is 0 Å². The van der Waals surface area contributed by atoms with Gasteiger partial charge >= 0.3 is 0 Å². The van der Waals surface area contributed by atoms with E-state index in [1.807, 2.05) is 6.07 Å². The minimum absolute atomic E-state index is 0.207. The number of H-pyrrole nitrogens is 1. The van der Waals surface area contributed by atoms with E-state index in [4.69, 9.17) is 0 Å². The maximum atomic E-state index is 12.4. The first-order valence-corrected chi connectivity index (χ1v) is 7.42. The second-order valence-electron chi connectivity index (χ2n) is 4.39. The van der Waals surface area contributed by atoms with Crippen molar-refractivity contribution in [2.45, 2.75) is 11.8 Å². The molecule has 3 rings (SSSR count). The summed E-state index contributed by atoms with van der Waals surface area (Å²) in [6.45, 7) is 1.80. The summed E-state index contributed by atoms with van der Waals surface area (Å²) >= 11 is 0. The smallest absolute Gasteiger partial charge is 0.263 e. The predicted molar refractivity (Wildman–Crippen MR) is 75.9 cm³/mol. The van der Waals surface area contributed by atoms with E-state index in [1.165, 1.54) is 0 Å². The van der Waals surface area contributed by atoms with Gasteiger partial charge in [0, 0.05) is 34.9 Å². The van der Waals surface area contributed by atoms with Crippen LogP contribution in [0.4, 0.5) is 5.82 Å². The molecule has 3 aromatic rings. The van der Waals surface area contributed by atoms with Gasteiger partial charge in [-0.05, 0) is 19.1 Å². The first-order valence-electron chi connectivity index (χ1n) is 5.94. The van der Waals surface area contributed by atoms with Crippen LogP contribution in [0.1, 0.15) is 5.69 Å². The summed E-state index contributed by atoms with van der Waals surface area (Å²) in [5.41, 5.74) is 0.782. The summed E-state index contributed by atoms with van der Waals surface area (Å²) in [7, 11) is -3.69. The number of pyridine rings is 1. The number of rotatable bonds is 3. The average molecular weight is 288 g/mol. The van der Waals surface area contributed by atoms with Crippen molar-refractivity contribution in [3.05, 3.63) is 48.4 Å². The van der Waals surface area contributed by atoms with E-state index < -0.39 is 10.0 Å². The van der Waals surface area contributed by atoms with Crippen LogP contribution in [0.5, 0.6) is 0 Å². The van der Waals surface area contributed by atoms with Gasteiger partial charge < -0.3 is 0 Å². The van der Waals surface area contributed by atoms with Gasteiger partial charge in [0.2, 0.25) is 0 Å². The Morgan fingerprint density at radius 2 is 2.10 bits per heavy atom. The van der Waals surface area contributed by atoms with Crippen LogP contribution in [0.15, 0.2) is 47.6 Å². The van der Waals surface area contributed by atoms with E-state index in [9.17, 15) is 8.42 Å². The summed E-state index contributed by atoms with van der Waals surface area (Å²) in [6.07, 6.45) is 3.20. The van der Waals surface area contributed by atoms with Gasteiger partial charge in [0.15, 0.2) is 5.82 Å². The van der Waals surface area contributed by atoms with Crippen molar-refractivity contribution >= 4 is 26.6 Å². The molecule has 102 valence electrons. The molecule has 0 saturated heterocycles. The molecule has 0 aliphatic carbocycles. The van der Waals surface area contributed by atoms with E-state index in [2.05, 4.69) is 19.9 Å². The molecule has 20 heavy (non-hydrogen) atoms. The Balaban J connectivity index is 2.09. The van der Waals surface area contributed by atoms with Gasteiger partial charge in [0.25, 0.3) is 10.0 Å². The van der Waals surface area contributed by atoms with Gasteiger partial charge in [0.05, 0.1) is 4.90 Å². The molecular weight excluding hydrogens is 276 g/mol. The van der Waals surface area contributed by atoms with Crippen LogP contribution < -0.4 is 4.72 Å². The molecule has 2 N–H and O–H groups in total. The van der Waals surface area contributed by atoms with Crippen molar-refractivity contribution in [2.24, 2.45) is 0 Å². The lowest BCUT2D eigenvalue weighted by atomic mass is 10.2. The number of sulfonamides is 1. The largest absolute Gasteiger partial charge is 0.281 e. The summed E-state index contributed by atoms with van der Waals surface area (Å²) in [5.74, 6) is 0.272. The number of anilines is 1. The Labute approximate surface area is 115 Å². The molecule has 0 unspecified atom stereocenters. The van der Waals surface area contributed by atoms with E-state index in [-0.39, 0.29) is 10.7 Å². The van der Waals surface area contributed by atoms with Crippen molar-refractivity contribution < 1.29 is 8.42 Å². The predicted octanol–water partition coefficient (Wildman–Crippen LogP) is 2.07. The van der Waals surface area contributed by atoms with Gasteiger partial charge in [-0.3, -0.25) is 14.8 Å².